The van der Waals surface area contributed by atoms with Crippen LogP contribution in [-0.2, 0) is 53.0 Å². The average Bonchev–Trinajstić information content (AvgIpc) is 3.09. The van der Waals surface area contributed by atoms with Gasteiger partial charge in [-0.2, -0.15) is 0 Å². The largest absolute Gasteiger partial charge is 0.488 e. The maximum Gasteiger partial charge on any atom is 0.328 e. The lowest BCUT2D eigenvalue weighted by Gasteiger charge is -2.23. The SMILES string of the molecule is COC(=O)[C@@H]1Cc2ccc(OCc3ccccc3)c(c2)-c2cc(Cl)cc(c2)C[C@H](NC(C)=O)C(=O)N[C@@H](C)C(=O)N[C@@H](C)C(=O)N[C@@H](C)C(=O)N1. The van der Waals surface area contributed by atoms with Gasteiger partial charge in [-0.1, -0.05) is 54.1 Å². The van der Waals surface area contributed by atoms with E-state index in [-0.39, 0.29) is 19.4 Å². The van der Waals surface area contributed by atoms with Gasteiger partial charge in [-0.3, -0.25) is 24.0 Å². The Morgan fingerprint density at radius 1 is 0.765 bits per heavy atom. The molecule has 3 aromatic carbocycles. The zero-order valence-electron chi connectivity index (χ0n) is 29.0. The smallest absolute Gasteiger partial charge is 0.328 e. The molecule has 0 radical (unpaired) electrons. The molecule has 13 nitrogen and oxygen atoms in total. The normalized spacial score (nSPS) is 21.8. The van der Waals surface area contributed by atoms with Crippen LogP contribution in [0.3, 0.4) is 0 Å². The van der Waals surface area contributed by atoms with Crippen molar-refractivity contribution >= 4 is 47.1 Å². The molecule has 5 amide bonds. The highest BCUT2D eigenvalue weighted by atomic mass is 35.5. The van der Waals surface area contributed by atoms with Gasteiger partial charge in [-0.05, 0) is 67.3 Å². The number of benzene rings is 3. The highest BCUT2D eigenvalue weighted by molar-refractivity contribution is 6.31. The molecule has 0 saturated carbocycles. The molecule has 1 heterocycles. The van der Waals surface area contributed by atoms with Crippen LogP contribution in [0.15, 0.2) is 66.7 Å². The van der Waals surface area contributed by atoms with Gasteiger partial charge in [-0.15, -0.1) is 0 Å². The zero-order valence-corrected chi connectivity index (χ0v) is 29.8. The van der Waals surface area contributed by atoms with Gasteiger partial charge in [0, 0.05) is 30.4 Å². The minimum Gasteiger partial charge on any atom is -0.488 e. The van der Waals surface area contributed by atoms with Crippen molar-refractivity contribution < 1.29 is 38.2 Å². The lowest BCUT2D eigenvalue weighted by atomic mass is 9.95. The number of carbonyl (C=O) groups excluding carboxylic acids is 6. The van der Waals surface area contributed by atoms with Gasteiger partial charge in [0.2, 0.25) is 29.5 Å². The third kappa shape index (κ3) is 10.8. The quantitative estimate of drug-likeness (QED) is 0.249. The molecular weight excluding hydrogens is 678 g/mol. The average molecular weight is 720 g/mol. The Balaban J connectivity index is 1.81. The minimum atomic E-state index is -1.12. The van der Waals surface area contributed by atoms with Crippen molar-refractivity contribution in [2.45, 2.75) is 77.4 Å². The predicted octanol–water partition coefficient (Wildman–Crippen LogP) is 2.36. The van der Waals surface area contributed by atoms with Crippen LogP contribution in [0.1, 0.15) is 44.4 Å². The Morgan fingerprint density at radius 2 is 1.37 bits per heavy atom. The van der Waals surface area contributed by atoms with E-state index in [1.165, 1.54) is 34.8 Å². The molecule has 5 atom stereocenters. The summed E-state index contributed by atoms with van der Waals surface area (Å²) in [4.78, 5) is 77.5. The molecule has 51 heavy (non-hydrogen) atoms. The van der Waals surface area contributed by atoms with E-state index in [2.05, 4.69) is 26.6 Å². The number of amides is 5. The Bertz CT molecular complexity index is 1790. The van der Waals surface area contributed by atoms with E-state index in [9.17, 15) is 28.8 Å². The summed E-state index contributed by atoms with van der Waals surface area (Å²) in [5.41, 5.74) is 3.38. The fourth-order valence-electron chi connectivity index (χ4n) is 5.46. The van der Waals surface area contributed by atoms with E-state index in [0.717, 1.165) is 5.56 Å². The van der Waals surface area contributed by atoms with Gasteiger partial charge < -0.3 is 36.1 Å². The van der Waals surface area contributed by atoms with Crippen LogP contribution < -0.4 is 31.3 Å². The van der Waals surface area contributed by atoms with E-state index in [0.29, 0.717) is 33.0 Å². The Kier molecular flexibility index (Phi) is 13.2. The number of hydrogen-bond acceptors (Lipinski definition) is 8. The lowest BCUT2D eigenvalue weighted by molar-refractivity contribution is -0.145. The number of fused-ring (bicyclic) bond motifs is 5. The second kappa shape index (κ2) is 17.5. The second-order valence-corrected chi connectivity index (χ2v) is 12.8. The van der Waals surface area contributed by atoms with E-state index in [4.69, 9.17) is 21.1 Å². The topological polar surface area (TPSA) is 181 Å². The van der Waals surface area contributed by atoms with Gasteiger partial charge in [0.25, 0.3) is 0 Å². The summed E-state index contributed by atoms with van der Waals surface area (Å²) in [6.07, 6.45) is 0.0357. The first kappa shape index (κ1) is 38.4. The zero-order chi connectivity index (χ0) is 37.2. The molecule has 0 aromatic heterocycles. The van der Waals surface area contributed by atoms with E-state index in [1.54, 1.807) is 30.3 Å². The fraction of sp³-hybridized carbons (Fsp3) is 0.351. The summed E-state index contributed by atoms with van der Waals surface area (Å²) in [7, 11) is 1.21. The molecule has 3 aromatic rings. The molecule has 4 rings (SSSR count). The van der Waals surface area contributed by atoms with Crippen molar-refractivity contribution in [3.8, 4) is 16.9 Å². The number of carbonyl (C=O) groups is 6. The number of esters is 1. The standard InChI is InChI=1S/C37H42ClN5O8/c1-20-33(45)40-22(3)35(47)43-31(37(49)50-5)16-25-11-12-32(51-19-24-9-7-6-8-10-24)29(15-25)27-13-26(14-28(38)18-27)17-30(42-23(4)44)36(48)41-21(2)34(46)39-20/h6-15,18,20-22,30-31H,16-17,19H2,1-5H3,(H,39,46)(H,40,45)(H,41,48)(H,42,44)(H,43,47)/t20-,21-,22-,30-,31-/m0/s1. The van der Waals surface area contributed by atoms with Crippen molar-refractivity contribution in [3.63, 3.8) is 0 Å². The Morgan fingerprint density at radius 3 is 1.98 bits per heavy atom. The Labute approximate surface area is 301 Å². The molecule has 5 N–H and O–H groups in total. The molecule has 0 aliphatic carbocycles. The Hall–Kier alpha value is -5.43. The lowest BCUT2D eigenvalue weighted by Crippen LogP contribution is -2.57. The van der Waals surface area contributed by atoms with Crippen molar-refractivity contribution in [2.75, 3.05) is 7.11 Å². The fourth-order valence-corrected chi connectivity index (χ4v) is 5.72. The van der Waals surface area contributed by atoms with Crippen LogP contribution in [0.4, 0.5) is 0 Å². The van der Waals surface area contributed by atoms with Crippen LogP contribution in [0.25, 0.3) is 11.1 Å². The van der Waals surface area contributed by atoms with Crippen molar-refractivity contribution in [2.24, 2.45) is 0 Å². The minimum absolute atomic E-state index is 0.0142. The van der Waals surface area contributed by atoms with Gasteiger partial charge in [-0.25, -0.2) is 4.79 Å². The van der Waals surface area contributed by atoms with Crippen molar-refractivity contribution in [1.29, 1.82) is 0 Å². The molecule has 4 bridgehead atoms. The number of methoxy groups -OCH3 is 1. The third-order valence-electron chi connectivity index (χ3n) is 8.18. The highest BCUT2D eigenvalue weighted by Gasteiger charge is 2.29. The first-order valence-corrected chi connectivity index (χ1v) is 16.8. The molecule has 14 heteroatoms. The number of rotatable bonds is 5. The molecule has 1 aliphatic rings. The third-order valence-corrected chi connectivity index (χ3v) is 8.40. The molecule has 0 spiro atoms. The van der Waals surface area contributed by atoms with Crippen LogP contribution in [0.5, 0.6) is 5.75 Å². The molecule has 0 unspecified atom stereocenters. The van der Waals surface area contributed by atoms with Gasteiger partial charge in [0.15, 0.2) is 0 Å². The number of hydrogen-bond donors (Lipinski definition) is 5. The van der Waals surface area contributed by atoms with E-state index in [1.807, 2.05) is 36.4 Å². The second-order valence-electron chi connectivity index (χ2n) is 12.4. The summed E-state index contributed by atoms with van der Waals surface area (Å²) in [5.74, 6) is -3.31. The van der Waals surface area contributed by atoms with Crippen LogP contribution in [0.2, 0.25) is 5.02 Å². The maximum atomic E-state index is 13.4. The molecule has 0 fully saturated rings. The summed E-state index contributed by atoms with van der Waals surface area (Å²) >= 11 is 6.63. The first-order chi connectivity index (χ1) is 24.2. The molecule has 270 valence electrons. The van der Waals surface area contributed by atoms with Gasteiger partial charge in [0.1, 0.15) is 42.6 Å². The summed E-state index contributed by atoms with van der Waals surface area (Å²) in [6.45, 7) is 5.81. The van der Waals surface area contributed by atoms with Gasteiger partial charge in [0.05, 0.1) is 7.11 Å². The van der Waals surface area contributed by atoms with Crippen LogP contribution >= 0.6 is 11.6 Å². The molecular formula is C37H42ClN5O8. The monoisotopic (exact) mass is 719 g/mol. The maximum absolute atomic E-state index is 13.4. The van der Waals surface area contributed by atoms with E-state index < -0.39 is 65.7 Å². The highest BCUT2D eigenvalue weighted by Crippen LogP contribution is 2.35. The van der Waals surface area contributed by atoms with Crippen LogP contribution in [0, 0.1) is 0 Å². The number of halogens is 1. The first-order valence-electron chi connectivity index (χ1n) is 16.4. The van der Waals surface area contributed by atoms with Crippen molar-refractivity contribution in [3.05, 3.63) is 88.4 Å². The summed E-state index contributed by atoms with van der Waals surface area (Å²) in [5, 5.41) is 13.3. The van der Waals surface area contributed by atoms with Crippen molar-refractivity contribution in [1.82, 2.24) is 26.6 Å². The van der Waals surface area contributed by atoms with Crippen LogP contribution in [-0.4, -0.2) is 72.8 Å². The number of nitrogens with one attached hydrogen (secondary N) is 5. The predicted molar refractivity (Wildman–Crippen MR) is 189 cm³/mol. The van der Waals surface area contributed by atoms with E-state index >= 15 is 0 Å². The number of ether oxygens (including phenoxy) is 2. The molecule has 1 aliphatic heterocycles. The summed E-state index contributed by atoms with van der Waals surface area (Å²) < 4.78 is 11.3. The van der Waals surface area contributed by atoms with Gasteiger partial charge >= 0.3 is 5.97 Å². The molecule has 0 saturated heterocycles. The summed E-state index contributed by atoms with van der Waals surface area (Å²) in [6, 6.07) is 14.6.